The van der Waals surface area contributed by atoms with Crippen molar-refractivity contribution in [2.45, 2.75) is 0 Å². The number of para-hydroxylation sites is 1. The van der Waals surface area contributed by atoms with E-state index in [0.29, 0.717) is 5.56 Å². The Morgan fingerprint density at radius 3 is 2.70 bits per heavy atom. The van der Waals surface area contributed by atoms with Crippen molar-refractivity contribution in [2.75, 3.05) is 5.73 Å². The number of anilines is 1. The molecule has 2 heteroatoms. The molecule has 50 valence electrons. The number of hydrogen-bond donors (Lipinski definition) is 1. The molecule has 0 aliphatic carbocycles. The smallest absolute Gasteiger partial charge is 0.147 e. The molecule has 0 fully saturated rings. The molecule has 0 aromatic heterocycles. The van der Waals surface area contributed by atoms with Crippen LogP contribution in [0.2, 0.25) is 0 Å². The molecule has 1 aromatic rings. The van der Waals surface area contributed by atoms with E-state index >= 15 is 0 Å². The monoisotopic (exact) mass is 135 g/mol. The fourth-order valence-electron chi connectivity index (χ4n) is 0.663. The number of benzene rings is 1. The summed E-state index contributed by atoms with van der Waals surface area (Å²) in [6.45, 7) is 0. The zero-order chi connectivity index (χ0) is 7.56. The van der Waals surface area contributed by atoms with Crippen LogP contribution < -0.4 is 5.73 Å². The average molecular weight is 135 g/mol. The highest BCUT2D eigenvalue weighted by atomic mass is 19.1. The second-order valence-corrected chi connectivity index (χ2v) is 1.85. The normalized spacial score (nSPS) is 8.80. The van der Waals surface area contributed by atoms with Gasteiger partial charge in [0.05, 0.1) is 11.3 Å². The van der Waals surface area contributed by atoms with Gasteiger partial charge in [-0.2, -0.15) is 0 Å². The molecule has 0 radical (unpaired) electrons. The molecule has 1 nitrogen and oxygen atoms in total. The molecular weight excluding hydrogens is 129 g/mol. The summed E-state index contributed by atoms with van der Waals surface area (Å²) in [5, 5.41) is 0. The SMILES string of the molecule is C#Cc1cccc(F)c1N. The third kappa shape index (κ3) is 0.939. The van der Waals surface area contributed by atoms with Crippen molar-refractivity contribution in [3.63, 3.8) is 0 Å². The van der Waals surface area contributed by atoms with Crippen molar-refractivity contribution >= 4 is 5.69 Å². The van der Waals surface area contributed by atoms with Crippen molar-refractivity contribution in [2.24, 2.45) is 0 Å². The van der Waals surface area contributed by atoms with Crippen molar-refractivity contribution in [1.29, 1.82) is 0 Å². The predicted octanol–water partition coefficient (Wildman–Crippen LogP) is 1.39. The Morgan fingerprint density at radius 1 is 1.50 bits per heavy atom. The van der Waals surface area contributed by atoms with E-state index < -0.39 is 5.82 Å². The van der Waals surface area contributed by atoms with Crippen LogP contribution in [0.1, 0.15) is 5.56 Å². The van der Waals surface area contributed by atoms with Crippen LogP contribution in [0.15, 0.2) is 18.2 Å². The second-order valence-electron chi connectivity index (χ2n) is 1.85. The van der Waals surface area contributed by atoms with Crippen LogP contribution in [-0.2, 0) is 0 Å². The van der Waals surface area contributed by atoms with Crippen molar-refractivity contribution in [3.8, 4) is 12.3 Å². The van der Waals surface area contributed by atoms with Gasteiger partial charge in [-0.1, -0.05) is 12.0 Å². The number of hydrogen-bond acceptors (Lipinski definition) is 1. The molecule has 10 heavy (non-hydrogen) atoms. The maximum Gasteiger partial charge on any atom is 0.147 e. The molecule has 0 amide bonds. The first-order valence-electron chi connectivity index (χ1n) is 2.76. The van der Waals surface area contributed by atoms with Crippen LogP contribution in [0.25, 0.3) is 0 Å². The van der Waals surface area contributed by atoms with Crippen molar-refractivity contribution in [1.82, 2.24) is 0 Å². The number of nitrogens with two attached hydrogens (primary N) is 1. The molecule has 1 aromatic carbocycles. The van der Waals surface area contributed by atoms with Crippen molar-refractivity contribution < 1.29 is 4.39 Å². The Kier molecular flexibility index (Phi) is 1.59. The summed E-state index contributed by atoms with van der Waals surface area (Å²) in [6, 6.07) is 4.40. The molecule has 2 N–H and O–H groups in total. The molecule has 0 saturated carbocycles. The van der Waals surface area contributed by atoms with Crippen LogP contribution in [0, 0.1) is 18.2 Å². The highest BCUT2D eigenvalue weighted by Gasteiger charge is 1.99. The highest BCUT2D eigenvalue weighted by molar-refractivity contribution is 5.55. The molecular formula is C8H6FN. The lowest BCUT2D eigenvalue weighted by Crippen LogP contribution is -1.93. The highest BCUT2D eigenvalue weighted by Crippen LogP contribution is 2.13. The molecule has 0 aliphatic heterocycles. The molecule has 0 saturated heterocycles. The second kappa shape index (κ2) is 2.40. The van der Waals surface area contributed by atoms with E-state index in [9.17, 15) is 4.39 Å². The lowest BCUT2D eigenvalue weighted by atomic mass is 10.2. The zero-order valence-electron chi connectivity index (χ0n) is 5.26. The summed E-state index contributed by atoms with van der Waals surface area (Å²) >= 11 is 0. The van der Waals surface area contributed by atoms with Gasteiger partial charge in [-0.05, 0) is 12.1 Å². The van der Waals surface area contributed by atoms with Gasteiger partial charge in [0.2, 0.25) is 0 Å². The van der Waals surface area contributed by atoms with Crippen LogP contribution in [0.4, 0.5) is 10.1 Å². The van der Waals surface area contributed by atoms with E-state index in [4.69, 9.17) is 12.2 Å². The maximum absolute atomic E-state index is 12.5. The lowest BCUT2D eigenvalue weighted by Gasteiger charge is -1.96. The van der Waals surface area contributed by atoms with Gasteiger partial charge < -0.3 is 5.73 Å². The first kappa shape index (κ1) is 6.63. The Hall–Kier alpha value is -1.49. The Balaban J connectivity index is 3.31. The van der Waals surface area contributed by atoms with Gasteiger partial charge >= 0.3 is 0 Å². The van der Waals surface area contributed by atoms with Crippen LogP contribution in [-0.4, -0.2) is 0 Å². The van der Waals surface area contributed by atoms with E-state index in [-0.39, 0.29) is 5.69 Å². The summed E-state index contributed by atoms with van der Waals surface area (Å²) in [5.41, 5.74) is 5.72. The maximum atomic E-state index is 12.5. The summed E-state index contributed by atoms with van der Waals surface area (Å²) in [6.07, 6.45) is 5.02. The minimum atomic E-state index is -0.463. The van der Waals surface area contributed by atoms with E-state index in [0.717, 1.165) is 0 Å². The fraction of sp³-hybridized carbons (Fsp3) is 0. The third-order valence-electron chi connectivity index (χ3n) is 1.21. The fourth-order valence-corrected chi connectivity index (χ4v) is 0.663. The third-order valence-corrected chi connectivity index (χ3v) is 1.21. The molecule has 0 atom stereocenters. The molecule has 0 unspecified atom stereocenters. The minimum absolute atomic E-state index is 0.0463. The van der Waals surface area contributed by atoms with Gasteiger partial charge in [0.25, 0.3) is 0 Å². The van der Waals surface area contributed by atoms with Crippen LogP contribution in [0.5, 0.6) is 0 Å². The quantitative estimate of drug-likeness (QED) is 0.422. The number of terminal acetylenes is 1. The number of halogens is 1. The van der Waals surface area contributed by atoms with Gasteiger partial charge in [-0.15, -0.1) is 6.42 Å². The topological polar surface area (TPSA) is 26.0 Å². The van der Waals surface area contributed by atoms with Gasteiger partial charge in [0.1, 0.15) is 5.82 Å². The Bertz CT molecular complexity index is 286. The average Bonchev–Trinajstić information content (AvgIpc) is 1.95. The van der Waals surface area contributed by atoms with Crippen LogP contribution in [0.3, 0.4) is 0 Å². The number of nitrogen functional groups attached to an aromatic ring is 1. The predicted molar refractivity (Wildman–Crippen MR) is 38.7 cm³/mol. The molecule has 1 rings (SSSR count). The van der Waals surface area contributed by atoms with Gasteiger partial charge in [0.15, 0.2) is 0 Å². The van der Waals surface area contributed by atoms with Gasteiger partial charge in [-0.25, -0.2) is 4.39 Å². The van der Waals surface area contributed by atoms with Gasteiger partial charge in [0, 0.05) is 0 Å². The van der Waals surface area contributed by atoms with E-state index in [2.05, 4.69) is 5.92 Å². The summed E-state index contributed by atoms with van der Waals surface area (Å²) in [5.74, 6) is 1.81. The summed E-state index contributed by atoms with van der Waals surface area (Å²) < 4.78 is 12.5. The first-order valence-corrected chi connectivity index (χ1v) is 2.76. The van der Waals surface area contributed by atoms with Gasteiger partial charge in [-0.3, -0.25) is 0 Å². The van der Waals surface area contributed by atoms with E-state index in [1.54, 1.807) is 6.07 Å². The molecule has 0 spiro atoms. The Labute approximate surface area is 58.7 Å². The zero-order valence-corrected chi connectivity index (χ0v) is 5.26. The number of rotatable bonds is 0. The summed E-state index contributed by atoms with van der Waals surface area (Å²) in [7, 11) is 0. The minimum Gasteiger partial charge on any atom is -0.395 e. The molecule has 0 bridgehead atoms. The molecule has 0 aliphatic rings. The lowest BCUT2D eigenvalue weighted by molar-refractivity contribution is 0.632. The van der Waals surface area contributed by atoms with Crippen molar-refractivity contribution in [3.05, 3.63) is 29.6 Å². The summed E-state index contributed by atoms with van der Waals surface area (Å²) in [4.78, 5) is 0. The largest absolute Gasteiger partial charge is 0.395 e. The van der Waals surface area contributed by atoms with E-state index in [1.165, 1.54) is 12.1 Å². The first-order chi connectivity index (χ1) is 4.75. The molecule has 0 heterocycles. The van der Waals surface area contributed by atoms with Crippen LogP contribution >= 0.6 is 0 Å². The standard InChI is InChI=1S/C8H6FN/c1-2-6-4-3-5-7(9)8(6)10/h1,3-5H,10H2. The Morgan fingerprint density at radius 2 is 2.20 bits per heavy atom. The van der Waals surface area contributed by atoms with E-state index in [1.807, 2.05) is 0 Å².